The van der Waals surface area contributed by atoms with E-state index in [4.69, 9.17) is 0 Å². The van der Waals surface area contributed by atoms with Gasteiger partial charge in [0, 0.05) is 24.3 Å². The lowest BCUT2D eigenvalue weighted by Gasteiger charge is -2.21. The Kier molecular flexibility index (Phi) is 4.90. The minimum Gasteiger partial charge on any atom is -0.352 e. The largest absolute Gasteiger partial charge is 0.352 e. The first-order valence-electron chi connectivity index (χ1n) is 6.31. The van der Waals surface area contributed by atoms with Gasteiger partial charge in [0.05, 0.1) is 12.0 Å². The Labute approximate surface area is 109 Å². The number of carbonyl (C=O) groups is 1. The van der Waals surface area contributed by atoms with Crippen molar-refractivity contribution in [3.05, 3.63) is 18.2 Å². The molecule has 0 aliphatic rings. The molecular weight excluding hydrogens is 228 g/mol. The first-order chi connectivity index (χ1) is 8.28. The standard InChI is InChI=1S/C13H24N4O/c1-10(2)16-12(18)8-17-9-14-6-11(17)7-15-13(3,4)5/h6,9-10,15H,7-8H2,1-5H3,(H,16,18). The molecule has 1 aromatic heterocycles. The molecule has 0 aromatic carbocycles. The predicted molar refractivity (Wildman–Crippen MR) is 72.1 cm³/mol. The molecule has 0 unspecified atom stereocenters. The Morgan fingerprint density at radius 3 is 2.67 bits per heavy atom. The second kappa shape index (κ2) is 6.00. The van der Waals surface area contributed by atoms with Crippen LogP contribution in [0.3, 0.4) is 0 Å². The van der Waals surface area contributed by atoms with E-state index in [0.29, 0.717) is 13.1 Å². The number of carbonyl (C=O) groups excluding carboxylic acids is 1. The van der Waals surface area contributed by atoms with E-state index in [1.807, 2.05) is 18.4 Å². The molecule has 0 bridgehead atoms. The van der Waals surface area contributed by atoms with Gasteiger partial charge in [0.1, 0.15) is 6.54 Å². The fourth-order valence-corrected chi connectivity index (χ4v) is 1.52. The smallest absolute Gasteiger partial charge is 0.240 e. The van der Waals surface area contributed by atoms with Gasteiger partial charge in [0.25, 0.3) is 0 Å². The van der Waals surface area contributed by atoms with Crippen LogP contribution in [0.15, 0.2) is 12.5 Å². The van der Waals surface area contributed by atoms with Crippen molar-refractivity contribution in [2.45, 2.75) is 59.3 Å². The molecule has 1 aromatic rings. The fourth-order valence-electron chi connectivity index (χ4n) is 1.52. The molecule has 1 heterocycles. The quantitative estimate of drug-likeness (QED) is 0.830. The molecule has 2 N–H and O–H groups in total. The molecule has 1 amide bonds. The lowest BCUT2D eigenvalue weighted by molar-refractivity contribution is -0.122. The number of imidazole rings is 1. The summed E-state index contributed by atoms with van der Waals surface area (Å²) in [5.74, 6) is 0.0139. The van der Waals surface area contributed by atoms with Crippen molar-refractivity contribution in [2.75, 3.05) is 0 Å². The fraction of sp³-hybridized carbons (Fsp3) is 0.692. The summed E-state index contributed by atoms with van der Waals surface area (Å²) in [4.78, 5) is 15.8. The summed E-state index contributed by atoms with van der Waals surface area (Å²) in [5, 5.41) is 6.26. The normalized spacial score (nSPS) is 11.9. The number of nitrogens with zero attached hydrogens (tertiary/aromatic N) is 2. The van der Waals surface area contributed by atoms with Gasteiger partial charge >= 0.3 is 0 Å². The number of hydrogen-bond donors (Lipinski definition) is 2. The van der Waals surface area contributed by atoms with Crippen LogP contribution in [0.5, 0.6) is 0 Å². The number of nitrogens with one attached hydrogen (secondary N) is 2. The third-order valence-corrected chi connectivity index (χ3v) is 2.36. The van der Waals surface area contributed by atoms with Crippen molar-refractivity contribution in [3.63, 3.8) is 0 Å². The second-order valence-electron chi connectivity index (χ2n) is 5.84. The first-order valence-corrected chi connectivity index (χ1v) is 6.31. The van der Waals surface area contributed by atoms with Crippen molar-refractivity contribution in [3.8, 4) is 0 Å². The molecule has 1 rings (SSSR count). The molecule has 0 aliphatic carbocycles. The third-order valence-electron chi connectivity index (χ3n) is 2.36. The third kappa shape index (κ3) is 5.31. The molecule has 0 radical (unpaired) electrons. The summed E-state index contributed by atoms with van der Waals surface area (Å²) < 4.78 is 1.87. The van der Waals surface area contributed by atoms with Crippen molar-refractivity contribution < 1.29 is 4.79 Å². The Morgan fingerprint density at radius 1 is 1.44 bits per heavy atom. The van der Waals surface area contributed by atoms with Crippen LogP contribution in [0.4, 0.5) is 0 Å². The van der Waals surface area contributed by atoms with Gasteiger partial charge in [-0.1, -0.05) is 0 Å². The van der Waals surface area contributed by atoms with Gasteiger partial charge in [-0.05, 0) is 34.6 Å². The van der Waals surface area contributed by atoms with Gasteiger partial charge in [-0.3, -0.25) is 4.79 Å². The van der Waals surface area contributed by atoms with Gasteiger partial charge in [-0.25, -0.2) is 4.98 Å². The van der Waals surface area contributed by atoms with E-state index in [-0.39, 0.29) is 17.5 Å². The Bertz CT molecular complexity index is 390. The van der Waals surface area contributed by atoms with Crippen molar-refractivity contribution in [1.82, 2.24) is 20.2 Å². The van der Waals surface area contributed by atoms with Gasteiger partial charge < -0.3 is 15.2 Å². The molecule has 5 nitrogen and oxygen atoms in total. The molecule has 18 heavy (non-hydrogen) atoms. The molecule has 0 spiro atoms. The molecule has 102 valence electrons. The maximum absolute atomic E-state index is 11.7. The zero-order chi connectivity index (χ0) is 13.8. The number of amides is 1. The van der Waals surface area contributed by atoms with E-state index < -0.39 is 0 Å². The number of hydrogen-bond acceptors (Lipinski definition) is 3. The number of rotatable bonds is 5. The number of aromatic nitrogens is 2. The molecule has 0 atom stereocenters. The highest BCUT2D eigenvalue weighted by atomic mass is 16.2. The lowest BCUT2D eigenvalue weighted by atomic mass is 10.1. The van der Waals surface area contributed by atoms with E-state index in [9.17, 15) is 4.79 Å². The van der Waals surface area contributed by atoms with Gasteiger partial charge in [0.2, 0.25) is 5.91 Å². The molecule has 5 heteroatoms. The Balaban J connectivity index is 2.57. The van der Waals surface area contributed by atoms with E-state index in [1.165, 1.54) is 0 Å². The van der Waals surface area contributed by atoms with Gasteiger partial charge in [-0.15, -0.1) is 0 Å². The van der Waals surface area contributed by atoms with Crippen LogP contribution in [0.1, 0.15) is 40.3 Å². The highest BCUT2D eigenvalue weighted by Gasteiger charge is 2.12. The topological polar surface area (TPSA) is 59.0 Å². The molecule has 0 fully saturated rings. The molecular formula is C13H24N4O. The van der Waals surface area contributed by atoms with Crippen LogP contribution in [-0.4, -0.2) is 27.0 Å². The summed E-state index contributed by atoms with van der Waals surface area (Å²) in [5.41, 5.74) is 1.07. The molecule has 0 saturated carbocycles. The summed E-state index contributed by atoms with van der Waals surface area (Å²) in [7, 11) is 0. The van der Waals surface area contributed by atoms with E-state index >= 15 is 0 Å². The van der Waals surface area contributed by atoms with Crippen LogP contribution in [0, 0.1) is 0 Å². The van der Waals surface area contributed by atoms with Crippen LogP contribution in [0.25, 0.3) is 0 Å². The minimum atomic E-state index is 0.0139. The zero-order valence-corrected chi connectivity index (χ0v) is 11.9. The average Bonchev–Trinajstić information content (AvgIpc) is 2.59. The predicted octanol–water partition coefficient (Wildman–Crippen LogP) is 1.30. The highest BCUT2D eigenvalue weighted by Crippen LogP contribution is 2.04. The van der Waals surface area contributed by atoms with Crippen molar-refractivity contribution >= 4 is 5.91 Å². The Hall–Kier alpha value is -1.36. The summed E-state index contributed by atoms with van der Waals surface area (Å²) in [6, 6.07) is 0.164. The average molecular weight is 252 g/mol. The van der Waals surface area contributed by atoms with Crippen molar-refractivity contribution in [1.29, 1.82) is 0 Å². The van der Waals surface area contributed by atoms with E-state index in [1.54, 1.807) is 12.5 Å². The van der Waals surface area contributed by atoms with Crippen LogP contribution < -0.4 is 10.6 Å². The van der Waals surface area contributed by atoms with Crippen LogP contribution in [0.2, 0.25) is 0 Å². The maximum Gasteiger partial charge on any atom is 0.240 e. The summed E-state index contributed by atoms with van der Waals surface area (Å²) in [6.45, 7) is 11.3. The minimum absolute atomic E-state index is 0.0139. The lowest BCUT2D eigenvalue weighted by Crippen LogP contribution is -2.36. The molecule has 0 aliphatic heterocycles. The van der Waals surface area contributed by atoms with Gasteiger partial charge in [-0.2, -0.15) is 0 Å². The summed E-state index contributed by atoms with van der Waals surface area (Å²) >= 11 is 0. The first kappa shape index (κ1) is 14.7. The summed E-state index contributed by atoms with van der Waals surface area (Å²) in [6.07, 6.45) is 3.49. The monoisotopic (exact) mass is 252 g/mol. The SMILES string of the molecule is CC(C)NC(=O)Cn1cncc1CNC(C)(C)C. The molecule has 0 saturated heterocycles. The highest BCUT2D eigenvalue weighted by molar-refractivity contribution is 5.76. The van der Waals surface area contributed by atoms with E-state index in [2.05, 4.69) is 36.4 Å². The maximum atomic E-state index is 11.7. The van der Waals surface area contributed by atoms with E-state index in [0.717, 1.165) is 5.69 Å². The van der Waals surface area contributed by atoms with Crippen LogP contribution in [-0.2, 0) is 17.9 Å². The second-order valence-corrected chi connectivity index (χ2v) is 5.84. The zero-order valence-electron chi connectivity index (χ0n) is 11.9. The van der Waals surface area contributed by atoms with Crippen molar-refractivity contribution in [2.24, 2.45) is 0 Å². The van der Waals surface area contributed by atoms with Crippen LogP contribution >= 0.6 is 0 Å². The Morgan fingerprint density at radius 2 is 2.11 bits per heavy atom. The van der Waals surface area contributed by atoms with Gasteiger partial charge in [0.15, 0.2) is 0 Å².